The van der Waals surface area contributed by atoms with E-state index < -0.39 is 15.8 Å². The first-order valence-corrected chi connectivity index (χ1v) is 8.49. The molecule has 7 heteroatoms. The summed E-state index contributed by atoms with van der Waals surface area (Å²) in [6.45, 7) is 4.30. The maximum absolute atomic E-state index is 13.6. The lowest BCUT2D eigenvalue weighted by Gasteiger charge is -2.23. The van der Waals surface area contributed by atoms with Gasteiger partial charge in [-0.25, -0.2) is 17.5 Å². The SMILES string of the molecule is COc1ccc(S(=O)(=O)NC[C@@H](C)N2CCCC2)cc1F. The van der Waals surface area contributed by atoms with Crippen molar-refractivity contribution in [2.75, 3.05) is 26.7 Å². The van der Waals surface area contributed by atoms with Crippen molar-refractivity contribution in [3.63, 3.8) is 0 Å². The topological polar surface area (TPSA) is 58.6 Å². The van der Waals surface area contributed by atoms with Gasteiger partial charge in [0.05, 0.1) is 12.0 Å². The molecule has 1 N–H and O–H groups in total. The van der Waals surface area contributed by atoms with Gasteiger partial charge in [0.2, 0.25) is 10.0 Å². The lowest BCUT2D eigenvalue weighted by Crippen LogP contribution is -2.40. The van der Waals surface area contributed by atoms with E-state index in [1.165, 1.54) is 19.2 Å². The molecule has 1 aromatic rings. The van der Waals surface area contributed by atoms with E-state index >= 15 is 0 Å². The van der Waals surface area contributed by atoms with Crippen molar-refractivity contribution >= 4 is 10.0 Å². The second kappa shape index (κ2) is 6.72. The number of nitrogens with one attached hydrogen (secondary N) is 1. The van der Waals surface area contributed by atoms with E-state index in [-0.39, 0.29) is 16.7 Å². The van der Waals surface area contributed by atoms with Crippen LogP contribution in [0.15, 0.2) is 23.1 Å². The highest BCUT2D eigenvalue weighted by molar-refractivity contribution is 7.89. The van der Waals surface area contributed by atoms with E-state index in [2.05, 4.69) is 9.62 Å². The number of hydrogen-bond donors (Lipinski definition) is 1. The van der Waals surface area contributed by atoms with Crippen LogP contribution in [0.5, 0.6) is 5.75 Å². The number of sulfonamides is 1. The van der Waals surface area contributed by atoms with E-state index in [4.69, 9.17) is 4.74 Å². The van der Waals surface area contributed by atoms with Gasteiger partial charge in [-0.3, -0.25) is 4.90 Å². The molecule has 0 amide bonds. The molecule has 0 spiro atoms. The Morgan fingerprint density at radius 1 is 1.38 bits per heavy atom. The van der Waals surface area contributed by atoms with E-state index in [1.807, 2.05) is 6.92 Å². The normalized spacial score (nSPS) is 17.9. The predicted molar refractivity (Wildman–Crippen MR) is 78.4 cm³/mol. The highest BCUT2D eigenvalue weighted by Gasteiger charge is 2.21. The molecule has 2 rings (SSSR count). The number of rotatable bonds is 6. The number of halogens is 1. The average Bonchev–Trinajstić information content (AvgIpc) is 2.99. The zero-order valence-electron chi connectivity index (χ0n) is 12.3. The fourth-order valence-electron chi connectivity index (χ4n) is 2.44. The number of likely N-dealkylation sites (tertiary alicyclic amines) is 1. The zero-order chi connectivity index (χ0) is 15.5. The largest absolute Gasteiger partial charge is 0.494 e. The molecule has 0 aliphatic carbocycles. The van der Waals surface area contributed by atoms with Crippen LogP contribution in [-0.4, -0.2) is 46.1 Å². The molecule has 21 heavy (non-hydrogen) atoms. The summed E-state index contributed by atoms with van der Waals surface area (Å²) in [5.74, 6) is -0.660. The van der Waals surface area contributed by atoms with Crippen LogP contribution in [0.4, 0.5) is 4.39 Å². The second-order valence-corrected chi connectivity index (χ2v) is 7.01. The van der Waals surface area contributed by atoms with Crippen molar-refractivity contribution < 1.29 is 17.5 Å². The fraction of sp³-hybridized carbons (Fsp3) is 0.571. The van der Waals surface area contributed by atoms with Crippen LogP contribution in [-0.2, 0) is 10.0 Å². The molecule has 0 saturated carbocycles. The summed E-state index contributed by atoms with van der Waals surface area (Å²) in [6, 6.07) is 3.76. The number of hydrogen-bond acceptors (Lipinski definition) is 4. The molecule has 0 unspecified atom stereocenters. The Morgan fingerprint density at radius 3 is 2.62 bits per heavy atom. The maximum atomic E-state index is 13.6. The molecular weight excluding hydrogens is 295 g/mol. The third-order valence-electron chi connectivity index (χ3n) is 3.77. The van der Waals surface area contributed by atoms with E-state index in [9.17, 15) is 12.8 Å². The molecule has 1 aromatic carbocycles. The standard InChI is InChI=1S/C14H21FN2O3S/c1-11(17-7-3-4-8-17)10-16-21(18,19)12-5-6-14(20-2)13(15)9-12/h5-6,9,11,16H,3-4,7-8,10H2,1-2H3/t11-/m1/s1. The van der Waals surface area contributed by atoms with Crippen LogP contribution in [0.25, 0.3) is 0 Å². The Balaban J connectivity index is 2.02. The van der Waals surface area contributed by atoms with Crippen molar-refractivity contribution in [3.05, 3.63) is 24.0 Å². The number of methoxy groups -OCH3 is 1. The Bertz CT molecular complexity index is 586. The third kappa shape index (κ3) is 3.93. The molecule has 1 aliphatic rings. The van der Waals surface area contributed by atoms with E-state index in [0.717, 1.165) is 32.0 Å². The molecule has 0 bridgehead atoms. The number of ether oxygens (including phenoxy) is 1. The van der Waals surface area contributed by atoms with E-state index in [1.54, 1.807) is 0 Å². The van der Waals surface area contributed by atoms with E-state index in [0.29, 0.717) is 6.54 Å². The van der Waals surface area contributed by atoms with Crippen molar-refractivity contribution in [2.45, 2.75) is 30.7 Å². The minimum Gasteiger partial charge on any atom is -0.494 e. The number of nitrogens with zero attached hydrogens (tertiary/aromatic N) is 1. The van der Waals surface area contributed by atoms with Gasteiger partial charge in [0.25, 0.3) is 0 Å². The molecule has 1 heterocycles. The van der Waals surface area contributed by atoms with Gasteiger partial charge in [-0.15, -0.1) is 0 Å². The zero-order valence-corrected chi connectivity index (χ0v) is 13.1. The molecule has 1 aliphatic heterocycles. The summed E-state index contributed by atoms with van der Waals surface area (Å²) >= 11 is 0. The first kappa shape index (κ1) is 16.2. The molecule has 0 radical (unpaired) electrons. The summed E-state index contributed by atoms with van der Waals surface area (Å²) in [5, 5.41) is 0. The van der Waals surface area contributed by atoms with Gasteiger partial charge in [0.1, 0.15) is 0 Å². The minimum absolute atomic E-state index is 0.0272. The molecule has 5 nitrogen and oxygen atoms in total. The van der Waals surface area contributed by atoms with Gasteiger partial charge in [0, 0.05) is 12.6 Å². The van der Waals surface area contributed by atoms with Crippen LogP contribution < -0.4 is 9.46 Å². The summed E-state index contributed by atoms with van der Waals surface area (Å²) < 4.78 is 45.3. The van der Waals surface area contributed by atoms with Gasteiger partial charge < -0.3 is 4.74 Å². The van der Waals surface area contributed by atoms with Gasteiger partial charge in [-0.2, -0.15) is 0 Å². The lowest BCUT2D eigenvalue weighted by molar-refractivity contribution is 0.260. The van der Waals surface area contributed by atoms with Gasteiger partial charge in [0.15, 0.2) is 11.6 Å². The highest BCUT2D eigenvalue weighted by Crippen LogP contribution is 2.20. The third-order valence-corrected chi connectivity index (χ3v) is 5.19. The van der Waals surface area contributed by atoms with Crippen molar-refractivity contribution in [3.8, 4) is 5.75 Å². The quantitative estimate of drug-likeness (QED) is 0.866. The first-order chi connectivity index (χ1) is 9.94. The first-order valence-electron chi connectivity index (χ1n) is 7.01. The molecule has 118 valence electrons. The minimum atomic E-state index is -3.70. The van der Waals surface area contributed by atoms with Gasteiger partial charge in [-0.05, 0) is 51.1 Å². The van der Waals surface area contributed by atoms with Gasteiger partial charge >= 0.3 is 0 Å². The highest BCUT2D eigenvalue weighted by atomic mass is 32.2. The smallest absolute Gasteiger partial charge is 0.240 e. The Kier molecular flexibility index (Phi) is 5.18. The average molecular weight is 316 g/mol. The molecule has 1 saturated heterocycles. The van der Waals surface area contributed by atoms with Crippen LogP contribution in [0, 0.1) is 5.82 Å². The van der Waals surface area contributed by atoms with Crippen LogP contribution in [0.1, 0.15) is 19.8 Å². The summed E-state index contributed by atoms with van der Waals surface area (Å²) in [7, 11) is -2.37. The summed E-state index contributed by atoms with van der Waals surface area (Å²) in [4.78, 5) is 2.16. The van der Waals surface area contributed by atoms with Gasteiger partial charge in [-0.1, -0.05) is 0 Å². The number of benzene rings is 1. The fourth-order valence-corrected chi connectivity index (χ4v) is 3.57. The summed E-state index contributed by atoms with van der Waals surface area (Å²) in [5.41, 5.74) is 0. The second-order valence-electron chi connectivity index (χ2n) is 5.24. The molecule has 1 fully saturated rings. The Hall–Kier alpha value is -1.18. The molecule has 1 atom stereocenters. The summed E-state index contributed by atoms with van der Waals surface area (Å²) in [6.07, 6.45) is 2.31. The van der Waals surface area contributed by atoms with Crippen LogP contribution in [0.2, 0.25) is 0 Å². The van der Waals surface area contributed by atoms with Crippen LogP contribution >= 0.6 is 0 Å². The van der Waals surface area contributed by atoms with Crippen molar-refractivity contribution in [1.29, 1.82) is 0 Å². The van der Waals surface area contributed by atoms with Crippen molar-refractivity contribution in [1.82, 2.24) is 9.62 Å². The van der Waals surface area contributed by atoms with Crippen molar-refractivity contribution in [2.24, 2.45) is 0 Å². The maximum Gasteiger partial charge on any atom is 0.240 e. The Morgan fingerprint density at radius 2 is 2.05 bits per heavy atom. The lowest BCUT2D eigenvalue weighted by atomic mass is 10.3. The Labute approximate surface area is 125 Å². The monoisotopic (exact) mass is 316 g/mol. The molecular formula is C14H21FN2O3S. The predicted octanol–water partition coefficient (Wildman–Crippen LogP) is 1.60. The van der Waals surface area contributed by atoms with Crippen LogP contribution in [0.3, 0.4) is 0 Å². The molecule has 0 aromatic heterocycles.